The minimum atomic E-state index is -2.13. The Bertz CT molecular complexity index is 1180. The second-order valence-electron chi connectivity index (χ2n) is 10.0. The molecular weight excluding hydrogens is 449 g/mol. The summed E-state index contributed by atoms with van der Waals surface area (Å²) in [6, 6.07) is 14.9. The number of alkyl halides is 1. The van der Waals surface area contributed by atoms with E-state index in [1.54, 1.807) is 6.07 Å². The molecule has 1 atom stereocenters. The summed E-state index contributed by atoms with van der Waals surface area (Å²) in [5, 5.41) is 3.66. The third-order valence-electron chi connectivity index (χ3n) is 6.18. The van der Waals surface area contributed by atoms with E-state index in [0.717, 1.165) is 27.8 Å². The number of carbonyl (C=O) groups excluding carboxylic acids is 1. The van der Waals surface area contributed by atoms with Crippen LogP contribution in [0.3, 0.4) is 0 Å². The molecule has 6 nitrogen and oxygen atoms in total. The molecule has 1 unspecified atom stereocenters. The molecule has 0 saturated carbocycles. The quantitative estimate of drug-likeness (QED) is 0.295. The highest BCUT2D eigenvalue weighted by molar-refractivity contribution is 6.74. The van der Waals surface area contributed by atoms with E-state index in [4.69, 9.17) is 19.9 Å². The van der Waals surface area contributed by atoms with Crippen LogP contribution in [0.5, 0.6) is 5.75 Å². The Morgan fingerprint density at radius 3 is 2.53 bits per heavy atom. The van der Waals surface area contributed by atoms with E-state index in [-0.39, 0.29) is 17.6 Å². The van der Waals surface area contributed by atoms with Gasteiger partial charge in [0.2, 0.25) is 5.91 Å². The highest BCUT2D eigenvalue weighted by Crippen LogP contribution is 2.37. The van der Waals surface area contributed by atoms with Gasteiger partial charge in [0.25, 0.3) is 0 Å². The molecule has 182 valence electrons. The molecular formula is C26H34FN3O3Si. The first kappa shape index (κ1) is 25.6. The lowest BCUT2D eigenvalue weighted by Gasteiger charge is -2.38. The van der Waals surface area contributed by atoms with Crippen LogP contribution in [0.4, 0.5) is 15.8 Å². The fourth-order valence-electron chi connectivity index (χ4n) is 3.27. The minimum absolute atomic E-state index is 0.0238. The first-order valence-electron chi connectivity index (χ1n) is 11.3. The zero-order valence-electron chi connectivity index (χ0n) is 20.7. The number of fused-ring (bicyclic) bond motifs is 1. The van der Waals surface area contributed by atoms with Gasteiger partial charge in [-0.3, -0.25) is 4.79 Å². The van der Waals surface area contributed by atoms with Gasteiger partial charge in [-0.25, -0.2) is 9.37 Å². The van der Waals surface area contributed by atoms with E-state index >= 15 is 0 Å². The number of hydrogen-bond donors (Lipinski definition) is 2. The van der Waals surface area contributed by atoms with Gasteiger partial charge in [-0.1, -0.05) is 32.9 Å². The summed E-state index contributed by atoms with van der Waals surface area (Å²) in [4.78, 5) is 16.0. The Morgan fingerprint density at radius 2 is 1.88 bits per heavy atom. The molecule has 0 bridgehead atoms. The number of nitrogens with one attached hydrogen (secondary N) is 1. The van der Waals surface area contributed by atoms with E-state index in [1.165, 1.54) is 6.92 Å². The molecule has 3 N–H and O–H groups in total. The fraction of sp³-hybridized carbons (Fsp3) is 0.385. The number of benzene rings is 2. The van der Waals surface area contributed by atoms with E-state index < -0.39 is 21.1 Å². The molecule has 1 heterocycles. The van der Waals surface area contributed by atoms with E-state index in [0.29, 0.717) is 11.4 Å². The summed E-state index contributed by atoms with van der Waals surface area (Å²) in [6.45, 7) is 11.5. The van der Waals surface area contributed by atoms with Crippen LogP contribution < -0.4 is 15.8 Å². The molecule has 0 spiro atoms. The number of nitrogens with zero attached hydrogens (tertiary/aromatic N) is 1. The number of anilines is 2. The zero-order chi connectivity index (χ0) is 25.1. The molecule has 0 aliphatic heterocycles. The largest absolute Gasteiger partial charge is 0.489 e. The third-order valence-corrected chi connectivity index (χ3v) is 10.7. The van der Waals surface area contributed by atoms with Crippen molar-refractivity contribution in [1.29, 1.82) is 0 Å². The standard InChI is InChI=1S/C26H34FN3O3Si/c1-17(31)29-20-9-12-24-18(13-20)8-11-23(30-24)19-7-10-22(28)25(14-19)32-16-21(15-27)33-34(5,6)26(2,3)4/h7-14,21H,15-16,28H2,1-6H3,(H,29,31). The number of rotatable bonds is 8. The van der Waals surface area contributed by atoms with Gasteiger partial charge in [0, 0.05) is 23.6 Å². The molecule has 3 rings (SSSR count). The van der Waals surface area contributed by atoms with E-state index in [1.807, 2.05) is 42.5 Å². The van der Waals surface area contributed by atoms with Crippen LogP contribution in [0.1, 0.15) is 27.7 Å². The van der Waals surface area contributed by atoms with Gasteiger partial charge in [-0.05, 0) is 54.5 Å². The zero-order valence-corrected chi connectivity index (χ0v) is 21.7. The predicted molar refractivity (Wildman–Crippen MR) is 139 cm³/mol. The van der Waals surface area contributed by atoms with Gasteiger partial charge >= 0.3 is 0 Å². The molecule has 1 aromatic heterocycles. The van der Waals surface area contributed by atoms with Crippen molar-refractivity contribution in [3.63, 3.8) is 0 Å². The fourth-order valence-corrected chi connectivity index (χ4v) is 4.59. The molecule has 3 aromatic rings. The van der Waals surface area contributed by atoms with Crippen LogP contribution in [-0.4, -0.2) is 38.6 Å². The van der Waals surface area contributed by atoms with Crippen molar-refractivity contribution in [3.05, 3.63) is 48.5 Å². The van der Waals surface area contributed by atoms with Crippen LogP contribution in [0.2, 0.25) is 18.1 Å². The molecule has 0 saturated heterocycles. The van der Waals surface area contributed by atoms with Gasteiger partial charge in [0.1, 0.15) is 25.1 Å². The second kappa shape index (κ2) is 10.1. The lowest BCUT2D eigenvalue weighted by molar-refractivity contribution is -0.114. The Labute approximate surface area is 201 Å². The van der Waals surface area contributed by atoms with Crippen LogP contribution in [0.25, 0.3) is 22.2 Å². The molecule has 34 heavy (non-hydrogen) atoms. The number of nitrogens with two attached hydrogens (primary N) is 1. The van der Waals surface area contributed by atoms with Crippen molar-refractivity contribution in [2.75, 3.05) is 24.3 Å². The maximum absolute atomic E-state index is 13.7. The van der Waals surface area contributed by atoms with Crippen molar-refractivity contribution in [2.24, 2.45) is 0 Å². The number of pyridine rings is 1. The van der Waals surface area contributed by atoms with E-state index in [9.17, 15) is 9.18 Å². The Kier molecular flexibility index (Phi) is 7.63. The van der Waals surface area contributed by atoms with E-state index in [2.05, 4.69) is 39.2 Å². The number of nitrogen functional groups attached to an aromatic ring is 1. The van der Waals surface area contributed by atoms with Crippen LogP contribution in [0, 0.1) is 0 Å². The number of ether oxygens (including phenoxy) is 1. The Balaban J connectivity index is 1.79. The number of carbonyl (C=O) groups is 1. The molecule has 8 heteroatoms. The third kappa shape index (κ3) is 6.12. The van der Waals surface area contributed by atoms with Gasteiger partial charge < -0.3 is 20.2 Å². The van der Waals surface area contributed by atoms with Crippen molar-refractivity contribution in [2.45, 2.75) is 51.9 Å². The summed E-state index contributed by atoms with van der Waals surface area (Å²) < 4.78 is 25.8. The second-order valence-corrected chi connectivity index (χ2v) is 14.8. The molecule has 1 amide bonds. The average Bonchev–Trinajstić information content (AvgIpc) is 2.76. The topological polar surface area (TPSA) is 86.5 Å². The van der Waals surface area contributed by atoms with Crippen molar-refractivity contribution >= 4 is 36.5 Å². The first-order chi connectivity index (χ1) is 15.9. The number of amides is 1. The monoisotopic (exact) mass is 483 g/mol. The molecule has 0 radical (unpaired) electrons. The summed E-state index contributed by atoms with van der Waals surface area (Å²) in [6.07, 6.45) is -0.652. The van der Waals surface area contributed by atoms with Gasteiger partial charge in [0.15, 0.2) is 8.32 Å². The molecule has 2 aromatic carbocycles. The lowest BCUT2D eigenvalue weighted by atomic mass is 10.1. The molecule has 0 fully saturated rings. The summed E-state index contributed by atoms with van der Waals surface area (Å²) in [7, 11) is -2.13. The average molecular weight is 484 g/mol. The van der Waals surface area contributed by atoms with Crippen molar-refractivity contribution < 1.29 is 18.3 Å². The van der Waals surface area contributed by atoms with Crippen LogP contribution >= 0.6 is 0 Å². The van der Waals surface area contributed by atoms with Crippen molar-refractivity contribution in [3.8, 4) is 17.0 Å². The smallest absolute Gasteiger partial charge is 0.221 e. The summed E-state index contributed by atoms with van der Waals surface area (Å²) >= 11 is 0. The number of aromatic nitrogens is 1. The SMILES string of the molecule is CC(=O)Nc1ccc2nc(-c3ccc(N)c(OCC(CF)O[Si](C)(C)C(C)(C)C)c3)ccc2c1. The van der Waals surface area contributed by atoms with Crippen molar-refractivity contribution in [1.82, 2.24) is 4.98 Å². The van der Waals surface area contributed by atoms with Gasteiger partial charge in [-0.2, -0.15) is 0 Å². The Hall–Kier alpha value is -2.97. The Morgan fingerprint density at radius 1 is 1.15 bits per heavy atom. The number of halogens is 1. The molecule has 0 aliphatic carbocycles. The number of hydrogen-bond acceptors (Lipinski definition) is 5. The summed E-state index contributed by atoms with van der Waals surface area (Å²) in [5.74, 6) is 0.348. The molecule has 0 aliphatic rings. The highest BCUT2D eigenvalue weighted by Gasteiger charge is 2.39. The maximum atomic E-state index is 13.7. The van der Waals surface area contributed by atoms with Gasteiger partial charge in [0.05, 0.1) is 16.9 Å². The van der Waals surface area contributed by atoms with Crippen LogP contribution in [-0.2, 0) is 9.22 Å². The predicted octanol–water partition coefficient (Wildman–Crippen LogP) is 6.18. The minimum Gasteiger partial charge on any atom is -0.489 e. The first-order valence-corrected chi connectivity index (χ1v) is 14.3. The lowest BCUT2D eigenvalue weighted by Crippen LogP contribution is -2.46. The normalized spacial score (nSPS) is 13.0. The highest BCUT2D eigenvalue weighted by atomic mass is 28.4. The van der Waals surface area contributed by atoms with Crippen LogP contribution in [0.15, 0.2) is 48.5 Å². The maximum Gasteiger partial charge on any atom is 0.221 e. The summed E-state index contributed by atoms with van der Waals surface area (Å²) in [5.41, 5.74) is 9.71. The van der Waals surface area contributed by atoms with Gasteiger partial charge in [-0.15, -0.1) is 0 Å².